The van der Waals surface area contributed by atoms with Gasteiger partial charge in [0, 0.05) is 12.2 Å². The summed E-state index contributed by atoms with van der Waals surface area (Å²) in [5.74, 6) is 2.28. The summed E-state index contributed by atoms with van der Waals surface area (Å²) < 4.78 is 1.78. The topological polar surface area (TPSA) is 68.1 Å². The van der Waals surface area contributed by atoms with Gasteiger partial charge >= 0.3 is 0 Å². The molecule has 0 radical (unpaired) electrons. The normalized spacial score (nSPS) is 26.3. The molecule has 2 amide bonds. The lowest BCUT2D eigenvalue weighted by Gasteiger charge is -2.24. The Morgan fingerprint density at radius 2 is 2.14 bits per heavy atom. The van der Waals surface area contributed by atoms with Gasteiger partial charge in [0.25, 0.3) is 0 Å². The molecule has 7 heteroatoms. The minimum Gasteiger partial charge on any atom is -0.274 e. The summed E-state index contributed by atoms with van der Waals surface area (Å²) in [4.78, 5) is 30.5. The summed E-state index contributed by atoms with van der Waals surface area (Å²) in [6.07, 6.45) is 2.64. The van der Waals surface area contributed by atoms with E-state index in [1.165, 1.54) is 11.2 Å². The predicted octanol–water partition coefficient (Wildman–Crippen LogP) is 1.42. The van der Waals surface area contributed by atoms with E-state index >= 15 is 0 Å². The third-order valence-electron chi connectivity index (χ3n) is 4.15. The second-order valence-corrected chi connectivity index (χ2v) is 7.91. The highest BCUT2D eigenvalue weighted by molar-refractivity contribution is 7.99. The average molecular weight is 308 g/mol. The molecule has 0 saturated carbocycles. The average Bonchev–Trinajstić information content (AvgIpc) is 3.07. The second kappa shape index (κ2) is 4.83. The molecule has 1 aromatic rings. The molecule has 1 aromatic heterocycles. The van der Waals surface area contributed by atoms with Crippen LogP contribution in [0.2, 0.25) is 0 Å². The van der Waals surface area contributed by atoms with Crippen molar-refractivity contribution in [1.82, 2.24) is 19.7 Å². The molecule has 2 saturated heterocycles. The van der Waals surface area contributed by atoms with Crippen molar-refractivity contribution < 1.29 is 9.59 Å². The Hall–Kier alpha value is -1.37. The van der Waals surface area contributed by atoms with Crippen LogP contribution in [0.5, 0.6) is 0 Å². The zero-order chi connectivity index (χ0) is 15.3. The zero-order valence-corrected chi connectivity index (χ0v) is 13.4. The molecule has 2 fully saturated rings. The van der Waals surface area contributed by atoms with E-state index in [-0.39, 0.29) is 23.9 Å². The third kappa shape index (κ3) is 2.37. The summed E-state index contributed by atoms with van der Waals surface area (Å²) in [5, 5.41) is 4.22. The molecule has 114 valence electrons. The van der Waals surface area contributed by atoms with Crippen LogP contribution in [0.15, 0.2) is 6.33 Å². The number of hydrogen-bond acceptors (Lipinski definition) is 5. The van der Waals surface area contributed by atoms with Crippen molar-refractivity contribution in [2.24, 2.45) is 5.41 Å². The lowest BCUT2D eigenvalue weighted by Crippen LogP contribution is -2.37. The lowest BCUT2D eigenvalue weighted by atomic mass is 9.86. The number of carbonyl (C=O) groups is 2. The first kappa shape index (κ1) is 14.6. The highest BCUT2D eigenvalue weighted by Gasteiger charge is 2.53. The van der Waals surface area contributed by atoms with Crippen molar-refractivity contribution in [1.29, 1.82) is 0 Å². The van der Waals surface area contributed by atoms with Crippen LogP contribution in [0.1, 0.15) is 39.4 Å². The molecule has 0 N–H and O–H groups in total. The molecule has 0 bridgehead atoms. The second-order valence-electron chi connectivity index (χ2n) is 6.80. The smallest absolute Gasteiger partial charge is 0.237 e. The van der Waals surface area contributed by atoms with E-state index in [4.69, 9.17) is 0 Å². The molecule has 2 aliphatic heterocycles. The number of nitrogens with zero attached hydrogens (tertiary/aromatic N) is 4. The van der Waals surface area contributed by atoms with E-state index in [1.54, 1.807) is 16.4 Å². The fraction of sp³-hybridized carbons (Fsp3) is 0.714. The third-order valence-corrected chi connectivity index (χ3v) is 5.40. The van der Waals surface area contributed by atoms with Crippen LogP contribution < -0.4 is 0 Å². The van der Waals surface area contributed by atoms with Crippen LogP contribution in [0.4, 0.5) is 0 Å². The Morgan fingerprint density at radius 3 is 2.76 bits per heavy atom. The van der Waals surface area contributed by atoms with Crippen molar-refractivity contribution in [2.75, 3.05) is 11.5 Å². The minimum absolute atomic E-state index is 0.0269. The Morgan fingerprint density at radius 1 is 1.38 bits per heavy atom. The monoisotopic (exact) mass is 308 g/mol. The van der Waals surface area contributed by atoms with Crippen LogP contribution in [0.3, 0.4) is 0 Å². The van der Waals surface area contributed by atoms with E-state index in [9.17, 15) is 9.59 Å². The number of rotatable bonds is 2. The molecule has 1 atom stereocenters. The van der Waals surface area contributed by atoms with Crippen molar-refractivity contribution in [3.8, 4) is 0 Å². The zero-order valence-electron chi connectivity index (χ0n) is 12.6. The van der Waals surface area contributed by atoms with Crippen LogP contribution in [-0.2, 0) is 21.7 Å². The van der Waals surface area contributed by atoms with Gasteiger partial charge in [0.05, 0.1) is 17.5 Å². The number of hydrogen-bond donors (Lipinski definition) is 0. The summed E-state index contributed by atoms with van der Waals surface area (Å²) in [6, 6.07) is 0. The number of amides is 2. The Kier molecular flexibility index (Phi) is 3.35. The highest BCUT2D eigenvalue weighted by Crippen LogP contribution is 2.45. The van der Waals surface area contributed by atoms with Crippen LogP contribution >= 0.6 is 11.8 Å². The van der Waals surface area contributed by atoms with E-state index in [1.807, 2.05) is 20.8 Å². The van der Waals surface area contributed by atoms with Gasteiger partial charge in [0.1, 0.15) is 12.2 Å². The van der Waals surface area contributed by atoms with Gasteiger partial charge in [-0.25, -0.2) is 9.67 Å². The number of carbonyl (C=O) groups excluding carboxylic acids is 2. The van der Waals surface area contributed by atoms with Gasteiger partial charge in [-0.05, 0) is 32.9 Å². The lowest BCUT2D eigenvalue weighted by molar-refractivity contribution is -0.141. The van der Waals surface area contributed by atoms with Crippen LogP contribution in [-0.4, -0.2) is 43.0 Å². The van der Waals surface area contributed by atoms with Gasteiger partial charge in [0.15, 0.2) is 0 Å². The number of imide groups is 1. The van der Waals surface area contributed by atoms with Crippen LogP contribution in [0.25, 0.3) is 0 Å². The number of likely N-dealkylation sites (tertiary alicyclic amines) is 1. The first-order valence-electron chi connectivity index (χ1n) is 7.15. The molecular weight excluding hydrogens is 288 g/mol. The Bertz CT molecular complexity index is 584. The Labute approximate surface area is 128 Å². The molecule has 21 heavy (non-hydrogen) atoms. The molecule has 1 spiro atoms. The van der Waals surface area contributed by atoms with Gasteiger partial charge in [-0.15, -0.1) is 0 Å². The summed E-state index contributed by atoms with van der Waals surface area (Å²) in [5.41, 5.74) is -0.674. The van der Waals surface area contributed by atoms with Crippen molar-refractivity contribution in [2.45, 2.75) is 45.7 Å². The Balaban J connectivity index is 1.84. The van der Waals surface area contributed by atoms with Crippen LogP contribution in [0, 0.1) is 5.41 Å². The molecule has 0 aliphatic carbocycles. The largest absolute Gasteiger partial charge is 0.274 e. The van der Waals surface area contributed by atoms with Crippen molar-refractivity contribution in [3.63, 3.8) is 0 Å². The maximum atomic E-state index is 12.7. The fourth-order valence-electron chi connectivity index (χ4n) is 3.01. The molecular formula is C14H20N4O2S. The highest BCUT2D eigenvalue weighted by atomic mass is 32.2. The quantitative estimate of drug-likeness (QED) is 0.773. The summed E-state index contributed by atoms with van der Waals surface area (Å²) in [7, 11) is 0. The van der Waals surface area contributed by atoms with Gasteiger partial charge in [0.2, 0.25) is 11.8 Å². The van der Waals surface area contributed by atoms with E-state index in [0.29, 0.717) is 12.2 Å². The van der Waals surface area contributed by atoms with E-state index < -0.39 is 5.41 Å². The summed E-state index contributed by atoms with van der Waals surface area (Å²) in [6.45, 7) is 6.29. The molecule has 0 unspecified atom stereocenters. The maximum absolute atomic E-state index is 12.7. The number of aromatic nitrogens is 3. The SMILES string of the molecule is CC(C)(C)n1ncnc1CN1C(=O)C[C@@]2(CCSC2)C1=O. The number of thioether (sulfide) groups is 1. The van der Waals surface area contributed by atoms with E-state index in [2.05, 4.69) is 10.1 Å². The first-order chi connectivity index (χ1) is 9.83. The predicted molar refractivity (Wildman–Crippen MR) is 79.6 cm³/mol. The van der Waals surface area contributed by atoms with Gasteiger partial charge in [-0.1, -0.05) is 0 Å². The summed E-state index contributed by atoms with van der Waals surface area (Å²) >= 11 is 1.76. The fourth-order valence-corrected chi connectivity index (χ4v) is 4.45. The van der Waals surface area contributed by atoms with Gasteiger partial charge in [-0.3, -0.25) is 14.5 Å². The molecule has 3 rings (SSSR count). The standard InChI is InChI=1S/C14H20N4O2S/c1-13(2,3)18-10(15-9-16-18)7-17-11(19)6-14(12(17)20)4-5-21-8-14/h9H,4-8H2,1-3H3/t14-/m1/s1. The molecule has 2 aliphatic rings. The van der Waals surface area contributed by atoms with Crippen molar-refractivity contribution >= 4 is 23.6 Å². The molecule has 0 aromatic carbocycles. The minimum atomic E-state index is -0.450. The molecule has 3 heterocycles. The van der Waals surface area contributed by atoms with Gasteiger partial charge in [-0.2, -0.15) is 16.9 Å². The van der Waals surface area contributed by atoms with E-state index in [0.717, 1.165) is 17.9 Å². The molecule has 6 nitrogen and oxygen atoms in total. The maximum Gasteiger partial charge on any atom is 0.237 e. The van der Waals surface area contributed by atoms with Gasteiger partial charge < -0.3 is 0 Å². The first-order valence-corrected chi connectivity index (χ1v) is 8.31. The van der Waals surface area contributed by atoms with Crippen molar-refractivity contribution in [3.05, 3.63) is 12.2 Å².